The average molecular weight is 382 g/mol. The zero-order valence-electron chi connectivity index (χ0n) is 14.8. The van der Waals surface area contributed by atoms with Gasteiger partial charge in [-0.2, -0.15) is 0 Å². The van der Waals surface area contributed by atoms with Crippen LogP contribution in [-0.2, 0) is 16.1 Å². The van der Waals surface area contributed by atoms with Crippen molar-refractivity contribution in [1.29, 1.82) is 0 Å². The standard InChI is InChI=1S/C19H18N4O5/c24-14-10-17(18(25)28-23-16-9-5-4-8-15(16)20-21-23)22(11-14)19(26)27-12-13-6-2-1-3-7-13/h1-9,14,17,24H,10-12H2/t14-,17+/m1/s1. The lowest BCUT2D eigenvalue weighted by molar-refractivity contribution is -0.150. The molecule has 1 aliphatic rings. The zero-order valence-corrected chi connectivity index (χ0v) is 14.8. The second-order valence-electron chi connectivity index (χ2n) is 6.46. The molecule has 28 heavy (non-hydrogen) atoms. The van der Waals surface area contributed by atoms with Crippen molar-refractivity contribution in [1.82, 2.24) is 20.1 Å². The van der Waals surface area contributed by atoms with Crippen molar-refractivity contribution in [2.75, 3.05) is 6.54 Å². The predicted molar refractivity (Wildman–Crippen MR) is 96.9 cm³/mol. The van der Waals surface area contributed by atoms with E-state index in [9.17, 15) is 14.7 Å². The Balaban J connectivity index is 1.44. The number of amides is 1. The number of fused-ring (bicyclic) bond motifs is 1. The van der Waals surface area contributed by atoms with Crippen LogP contribution >= 0.6 is 0 Å². The molecule has 3 aromatic rings. The molecule has 1 aliphatic heterocycles. The van der Waals surface area contributed by atoms with Crippen molar-refractivity contribution >= 4 is 23.1 Å². The molecule has 0 bridgehead atoms. The maximum absolute atomic E-state index is 12.6. The van der Waals surface area contributed by atoms with Crippen molar-refractivity contribution in [3.8, 4) is 0 Å². The molecule has 0 unspecified atom stereocenters. The number of aliphatic hydroxyl groups excluding tert-OH is 1. The summed E-state index contributed by atoms with van der Waals surface area (Å²) in [5.74, 6) is -0.719. The highest BCUT2D eigenvalue weighted by Gasteiger charge is 2.41. The topological polar surface area (TPSA) is 107 Å². The Morgan fingerprint density at radius 1 is 1.11 bits per heavy atom. The normalized spacial score (nSPS) is 19.0. The third-order valence-corrected chi connectivity index (χ3v) is 4.49. The zero-order chi connectivity index (χ0) is 19.5. The third-order valence-electron chi connectivity index (χ3n) is 4.49. The molecule has 0 aliphatic carbocycles. The van der Waals surface area contributed by atoms with Gasteiger partial charge in [0.1, 0.15) is 23.7 Å². The van der Waals surface area contributed by atoms with Crippen LogP contribution in [-0.4, -0.2) is 55.9 Å². The number of aliphatic hydroxyl groups is 1. The maximum Gasteiger partial charge on any atom is 0.410 e. The molecule has 2 heterocycles. The lowest BCUT2D eigenvalue weighted by atomic mass is 10.2. The van der Waals surface area contributed by atoms with E-state index in [0.29, 0.717) is 11.0 Å². The van der Waals surface area contributed by atoms with Crippen LogP contribution in [0.4, 0.5) is 4.79 Å². The molecule has 144 valence electrons. The molecule has 2 atom stereocenters. The lowest BCUT2D eigenvalue weighted by Gasteiger charge is -2.21. The van der Waals surface area contributed by atoms with Crippen molar-refractivity contribution < 1.29 is 24.3 Å². The first-order valence-corrected chi connectivity index (χ1v) is 8.80. The van der Waals surface area contributed by atoms with Crippen LogP contribution in [0.15, 0.2) is 54.6 Å². The van der Waals surface area contributed by atoms with Gasteiger partial charge >= 0.3 is 12.1 Å². The Morgan fingerprint density at radius 2 is 1.86 bits per heavy atom. The van der Waals surface area contributed by atoms with Gasteiger partial charge in [-0.25, -0.2) is 9.59 Å². The predicted octanol–water partition coefficient (Wildman–Crippen LogP) is 1.16. The number of hydrogen-bond acceptors (Lipinski definition) is 7. The van der Waals surface area contributed by atoms with Crippen LogP contribution in [0.1, 0.15) is 12.0 Å². The van der Waals surface area contributed by atoms with E-state index in [-0.39, 0.29) is 19.6 Å². The fourth-order valence-electron chi connectivity index (χ4n) is 3.10. The number of carbonyl (C=O) groups excluding carboxylic acids is 2. The van der Waals surface area contributed by atoms with Gasteiger partial charge in [0.2, 0.25) is 0 Å². The largest absolute Gasteiger partial charge is 0.445 e. The van der Waals surface area contributed by atoms with Crippen molar-refractivity contribution in [3.63, 3.8) is 0 Å². The Kier molecular flexibility index (Phi) is 4.90. The average Bonchev–Trinajstić information content (AvgIpc) is 3.31. The number of likely N-dealkylation sites (tertiary alicyclic amines) is 1. The van der Waals surface area contributed by atoms with Gasteiger partial charge in [0, 0.05) is 6.42 Å². The Hall–Kier alpha value is -3.46. The van der Waals surface area contributed by atoms with E-state index in [2.05, 4.69) is 10.3 Å². The van der Waals surface area contributed by atoms with Crippen LogP contribution < -0.4 is 4.84 Å². The fraction of sp³-hybridized carbons (Fsp3) is 0.263. The van der Waals surface area contributed by atoms with E-state index in [1.807, 2.05) is 30.3 Å². The summed E-state index contributed by atoms with van der Waals surface area (Å²) in [6.45, 7) is 0.0627. The molecule has 1 N–H and O–H groups in total. The SMILES string of the molecule is O=C(On1nnc2ccccc21)[C@@H]1C[C@@H](O)CN1C(=O)OCc1ccccc1. The van der Waals surface area contributed by atoms with Gasteiger partial charge in [0.15, 0.2) is 0 Å². The van der Waals surface area contributed by atoms with Crippen LogP contribution in [0, 0.1) is 0 Å². The summed E-state index contributed by atoms with van der Waals surface area (Å²) in [6.07, 6.45) is -1.47. The molecule has 1 fully saturated rings. The summed E-state index contributed by atoms with van der Waals surface area (Å²) in [6, 6.07) is 15.2. The number of para-hydroxylation sites is 1. The Labute approximate surface area is 160 Å². The first-order valence-electron chi connectivity index (χ1n) is 8.80. The number of ether oxygens (including phenoxy) is 1. The van der Waals surface area contributed by atoms with E-state index in [4.69, 9.17) is 9.57 Å². The number of β-amino-alcohol motifs (C(OH)–C–C–N with tert-alkyl or cyclic N) is 1. The van der Waals surface area contributed by atoms with E-state index >= 15 is 0 Å². The molecule has 0 spiro atoms. The van der Waals surface area contributed by atoms with E-state index in [1.165, 1.54) is 4.90 Å². The summed E-state index contributed by atoms with van der Waals surface area (Å²) >= 11 is 0. The quantitative estimate of drug-likeness (QED) is 0.675. The summed E-state index contributed by atoms with van der Waals surface area (Å²) < 4.78 is 5.28. The van der Waals surface area contributed by atoms with Crippen LogP contribution in [0.3, 0.4) is 0 Å². The number of benzene rings is 2. The minimum atomic E-state index is -0.971. The van der Waals surface area contributed by atoms with Crippen molar-refractivity contribution in [3.05, 3.63) is 60.2 Å². The summed E-state index contributed by atoms with van der Waals surface area (Å²) in [4.78, 5) is 32.5. The van der Waals surface area contributed by atoms with Gasteiger partial charge < -0.3 is 14.7 Å². The summed E-state index contributed by atoms with van der Waals surface area (Å²) in [5, 5.41) is 17.7. The molecular weight excluding hydrogens is 364 g/mol. The first kappa shape index (κ1) is 17.9. The van der Waals surface area contributed by atoms with Gasteiger partial charge in [-0.05, 0) is 22.9 Å². The molecular formula is C19H18N4O5. The number of aromatic nitrogens is 3. The van der Waals surface area contributed by atoms with Gasteiger partial charge in [-0.1, -0.05) is 47.3 Å². The van der Waals surface area contributed by atoms with E-state index in [0.717, 1.165) is 10.4 Å². The molecule has 9 nitrogen and oxygen atoms in total. The van der Waals surface area contributed by atoms with E-state index < -0.39 is 24.2 Å². The van der Waals surface area contributed by atoms with Crippen molar-refractivity contribution in [2.45, 2.75) is 25.2 Å². The van der Waals surface area contributed by atoms with Gasteiger partial charge in [-0.3, -0.25) is 4.90 Å². The van der Waals surface area contributed by atoms with Gasteiger partial charge in [0.25, 0.3) is 0 Å². The maximum atomic E-state index is 12.6. The second-order valence-corrected chi connectivity index (χ2v) is 6.46. The number of carbonyl (C=O) groups is 2. The number of rotatable bonds is 4. The monoisotopic (exact) mass is 382 g/mol. The highest BCUT2D eigenvalue weighted by Crippen LogP contribution is 2.20. The number of hydrogen-bond donors (Lipinski definition) is 1. The summed E-state index contributed by atoms with van der Waals surface area (Å²) in [7, 11) is 0. The molecule has 0 radical (unpaired) electrons. The molecule has 4 rings (SSSR count). The van der Waals surface area contributed by atoms with Crippen LogP contribution in [0.25, 0.3) is 11.0 Å². The molecule has 1 amide bonds. The molecule has 0 saturated carbocycles. The second kappa shape index (κ2) is 7.65. The van der Waals surface area contributed by atoms with Crippen molar-refractivity contribution in [2.24, 2.45) is 0 Å². The third kappa shape index (κ3) is 3.65. The van der Waals surface area contributed by atoms with Gasteiger partial charge in [0.05, 0.1) is 12.6 Å². The fourth-order valence-corrected chi connectivity index (χ4v) is 3.10. The minimum absolute atomic E-state index is 0.00844. The highest BCUT2D eigenvalue weighted by molar-refractivity contribution is 5.83. The van der Waals surface area contributed by atoms with Gasteiger partial charge in [-0.15, -0.1) is 5.10 Å². The smallest absolute Gasteiger partial charge is 0.410 e. The Bertz CT molecular complexity index is 990. The molecule has 2 aromatic carbocycles. The molecule has 1 aromatic heterocycles. The lowest BCUT2D eigenvalue weighted by Crippen LogP contribution is -2.44. The highest BCUT2D eigenvalue weighted by atomic mass is 16.7. The number of nitrogens with zero attached hydrogens (tertiary/aromatic N) is 4. The molecule has 9 heteroatoms. The first-order chi connectivity index (χ1) is 13.6. The molecule has 1 saturated heterocycles. The Morgan fingerprint density at radius 3 is 2.68 bits per heavy atom. The minimum Gasteiger partial charge on any atom is -0.445 e. The van der Waals surface area contributed by atoms with E-state index in [1.54, 1.807) is 24.3 Å². The van der Waals surface area contributed by atoms with Crippen LogP contribution in [0.2, 0.25) is 0 Å². The summed E-state index contributed by atoms with van der Waals surface area (Å²) in [5.41, 5.74) is 1.91. The van der Waals surface area contributed by atoms with Crippen LogP contribution in [0.5, 0.6) is 0 Å².